The average Bonchev–Trinajstić information content (AvgIpc) is 2.71. The fourth-order valence-corrected chi connectivity index (χ4v) is 3.53. The van der Waals surface area contributed by atoms with E-state index in [1.165, 1.54) is 5.57 Å². The molecule has 1 fully saturated rings. The molecule has 0 radical (unpaired) electrons. The van der Waals surface area contributed by atoms with Crippen LogP contribution < -0.4 is 0 Å². The summed E-state index contributed by atoms with van der Waals surface area (Å²) in [6.07, 6.45) is 4.62. The molecule has 114 valence electrons. The zero-order chi connectivity index (χ0) is 14.9. The lowest BCUT2D eigenvalue weighted by Gasteiger charge is -2.37. The summed E-state index contributed by atoms with van der Waals surface area (Å²) in [5.74, 6) is 0.199. The van der Waals surface area contributed by atoms with E-state index in [1.807, 2.05) is 0 Å². The Morgan fingerprint density at radius 2 is 2.25 bits per heavy atom. The van der Waals surface area contributed by atoms with E-state index in [9.17, 15) is 4.79 Å². The Morgan fingerprint density at radius 3 is 2.80 bits per heavy atom. The highest BCUT2D eigenvalue weighted by Gasteiger charge is 2.41. The van der Waals surface area contributed by atoms with Crippen LogP contribution >= 0.6 is 0 Å². The lowest BCUT2D eigenvalue weighted by Crippen LogP contribution is -2.43. The molecule has 0 saturated carbocycles. The number of hydrogen-bond donors (Lipinski definition) is 1. The van der Waals surface area contributed by atoms with Gasteiger partial charge in [-0.2, -0.15) is 0 Å². The topological polar surface area (TPSA) is 49.8 Å². The van der Waals surface area contributed by atoms with Crippen LogP contribution in [0.15, 0.2) is 11.6 Å². The SMILES string of the molecule is CC1=CC(C)C(C2OC(CC(=O)O)CN2C(C)C)CC1. The molecular weight excluding hydrogens is 254 g/mol. The summed E-state index contributed by atoms with van der Waals surface area (Å²) in [6.45, 7) is 9.50. The maximum absolute atomic E-state index is 10.9. The molecule has 4 unspecified atom stereocenters. The van der Waals surface area contributed by atoms with Crippen molar-refractivity contribution < 1.29 is 14.6 Å². The van der Waals surface area contributed by atoms with Gasteiger partial charge in [-0.3, -0.25) is 9.69 Å². The molecular formula is C16H27NO3. The van der Waals surface area contributed by atoms with E-state index < -0.39 is 5.97 Å². The molecule has 1 aliphatic carbocycles. The number of carboxylic acids is 1. The van der Waals surface area contributed by atoms with Crippen molar-refractivity contribution in [1.82, 2.24) is 4.90 Å². The molecule has 0 aromatic carbocycles. The number of nitrogens with zero attached hydrogens (tertiary/aromatic N) is 1. The number of carboxylic acid groups (broad SMARTS) is 1. The van der Waals surface area contributed by atoms with Crippen LogP contribution in [0.3, 0.4) is 0 Å². The van der Waals surface area contributed by atoms with E-state index in [2.05, 4.69) is 38.7 Å². The van der Waals surface area contributed by atoms with Gasteiger partial charge in [0, 0.05) is 18.5 Å². The standard InChI is InChI=1S/C16H27NO3/c1-10(2)17-9-13(8-15(18)19)20-16(17)14-6-5-11(3)7-12(14)4/h7,10,12-14,16H,5-6,8-9H2,1-4H3,(H,18,19). The molecule has 2 aliphatic rings. The molecule has 2 rings (SSSR count). The minimum absolute atomic E-state index is 0.0682. The number of rotatable bonds is 4. The van der Waals surface area contributed by atoms with E-state index in [4.69, 9.17) is 9.84 Å². The maximum atomic E-state index is 10.9. The molecule has 4 nitrogen and oxygen atoms in total. The van der Waals surface area contributed by atoms with Gasteiger partial charge in [0.2, 0.25) is 0 Å². The summed E-state index contributed by atoms with van der Waals surface area (Å²) in [5, 5.41) is 8.97. The molecule has 4 atom stereocenters. The van der Waals surface area contributed by atoms with Crippen molar-refractivity contribution in [1.29, 1.82) is 0 Å². The van der Waals surface area contributed by atoms with Crippen LogP contribution in [0.2, 0.25) is 0 Å². The van der Waals surface area contributed by atoms with Crippen LogP contribution in [0.5, 0.6) is 0 Å². The van der Waals surface area contributed by atoms with Crippen molar-refractivity contribution in [2.24, 2.45) is 11.8 Å². The van der Waals surface area contributed by atoms with Crippen LogP contribution in [0.25, 0.3) is 0 Å². The van der Waals surface area contributed by atoms with Crippen molar-refractivity contribution in [3.8, 4) is 0 Å². The van der Waals surface area contributed by atoms with Gasteiger partial charge in [-0.25, -0.2) is 0 Å². The first-order valence-electron chi connectivity index (χ1n) is 7.68. The van der Waals surface area contributed by atoms with Crippen molar-refractivity contribution in [2.75, 3.05) is 6.54 Å². The number of ether oxygens (including phenoxy) is 1. The molecule has 1 saturated heterocycles. The van der Waals surface area contributed by atoms with E-state index in [0.29, 0.717) is 17.9 Å². The average molecular weight is 281 g/mol. The molecule has 1 heterocycles. The summed E-state index contributed by atoms with van der Waals surface area (Å²) in [5.41, 5.74) is 1.46. The Kier molecular flexibility index (Phi) is 4.86. The zero-order valence-corrected chi connectivity index (χ0v) is 13.0. The molecule has 0 aromatic heterocycles. The molecule has 0 amide bonds. The maximum Gasteiger partial charge on any atom is 0.306 e. The third kappa shape index (κ3) is 3.41. The van der Waals surface area contributed by atoms with Crippen LogP contribution in [0.4, 0.5) is 0 Å². The molecule has 0 bridgehead atoms. The minimum atomic E-state index is -0.771. The Bertz CT molecular complexity index is 391. The number of hydrogen-bond acceptors (Lipinski definition) is 3. The fourth-order valence-electron chi connectivity index (χ4n) is 3.53. The number of aliphatic carboxylic acids is 1. The highest BCUT2D eigenvalue weighted by Crippen LogP contribution is 2.37. The molecule has 1 N–H and O–H groups in total. The van der Waals surface area contributed by atoms with Crippen LogP contribution in [-0.4, -0.2) is 40.9 Å². The Hall–Kier alpha value is -0.870. The minimum Gasteiger partial charge on any atom is -0.481 e. The zero-order valence-electron chi connectivity index (χ0n) is 13.0. The van der Waals surface area contributed by atoms with E-state index in [-0.39, 0.29) is 18.8 Å². The second kappa shape index (κ2) is 6.27. The predicted molar refractivity (Wildman–Crippen MR) is 78.4 cm³/mol. The van der Waals surface area contributed by atoms with Gasteiger partial charge in [0.05, 0.1) is 12.5 Å². The second-order valence-corrected chi connectivity index (χ2v) is 6.61. The van der Waals surface area contributed by atoms with Gasteiger partial charge in [0.1, 0.15) is 6.23 Å². The summed E-state index contributed by atoms with van der Waals surface area (Å²) in [6, 6.07) is 0.387. The summed E-state index contributed by atoms with van der Waals surface area (Å²) in [4.78, 5) is 13.3. The molecule has 1 aliphatic heterocycles. The van der Waals surface area contributed by atoms with Crippen molar-refractivity contribution in [3.05, 3.63) is 11.6 Å². The molecule has 4 heteroatoms. The van der Waals surface area contributed by atoms with Crippen LogP contribution in [0, 0.1) is 11.8 Å². The van der Waals surface area contributed by atoms with Gasteiger partial charge >= 0.3 is 5.97 Å². The predicted octanol–water partition coefficient (Wildman–Crippen LogP) is 2.89. The number of carbonyl (C=O) groups is 1. The smallest absolute Gasteiger partial charge is 0.306 e. The van der Waals surface area contributed by atoms with Gasteiger partial charge in [0.25, 0.3) is 0 Å². The van der Waals surface area contributed by atoms with E-state index in [1.54, 1.807) is 0 Å². The van der Waals surface area contributed by atoms with Gasteiger partial charge in [-0.15, -0.1) is 0 Å². The Balaban J connectivity index is 2.10. The molecule has 0 aromatic rings. The van der Waals surface area contributed by atoms with Crippen molar-refractivity contribution in [3.63, 3.8) is 0 Å². The largest absolute Gasteiger partial charge is 0.481 e. The first-order chi connectivity index (χ1) is 9.38. The van der Waals surface area contributed by atoms with Crippen molar-refractivity contribution >= 4 is 5.97 Å². The first kappa shape index (κ1) is 15.5. The van der Waals surface area contributed by atoms with E-state index in [0.717, 1.165) is 19.4 Å². The van der Waals surface area contributed by atoms with Gasteiger partial charge in [-0.1, -0.05) is 18.6 Å². The van der Waals surface area contributed by atoms with Crippen LogP contribution in [-0.2, 0) is 9.53 Å². The Labute approximate surface area is 121 Å². The monoisotopic (exact) mass is 281 g/mol. The third-order valence-electron chi connectivity index (χ3n) is 4.60. The highest BCUT2D eigenvalue weighted by atomic mass is 16.5. The third-order valence-corrected chi connectivity index (χ3v) is 4.60. The quantitative estimate of drug-likeness (QED) is 0.805. The van der Waals surface area contributed by atoms with Crippen molar-refractivity contribution in [2.45, 2.75) is 65.3 Å². The van der Waals surface area contributed by atoms with Gasteiger partial charge < -0.3 is 9.84 Å². The van der Waals surface area contributed by atoms with E-state index >= 15 is 0 Å². The lowest BCUT2D eigenvalue weighted by molar-refractivity contribution is -0.140. The number of allylic oxidation sites excluding steroid dienone is 2. The Morgan fingerprint density at radius 1 is 1.55 bits per heavy atom. The van der Waals surface area contributed by atoms with Gasteiger partial charge in [0.15, 0.2) is 0 Å². The lowest BCUT2D eigenvalue weighted by atomic mass is 9.80. The fraction of sp³-hybridized carbons (Fsp3) is 0.812. The normalized spacial score (nSPS) is 35.4. The van der Waals surface area contributed by atoms with Crippen LogP contribution in [0.1, 0.15) is 47.0 Å². The first-order valence-corrected chi connectivity index (χ1v) is 7.68. The summed E-state index contributed by atoms with van der Waals surface area (Å²) in [7, 11) is 0. The molecule has 20 heavy (non-hydrogen) atoms. The summed E-state index contributed by atoms with van der Waals surface area (Å²) < 4.78 is 6.11. The molecule has 0 spiro atoms. The summed E-state index contributed by atoms with van der Waals surface area (Å²) >= 11 is 0. The highest BCUT2D eigenvalue weighted by molar-refractivity contribution is 5.67. The second-order valence-electron chi connectivity index (χ2n) is 6.61. The van der Waals surface area contributed by atoms with Gasteiger partial charge in [-0.05, 0) is 39.5 Å².